The van der Waals surface area contributed by atoms with E-state index in [0.29, 0.717) is 0 Å². The van der Waals surface area contributed by atoms with Crippen LogP contribution in [-0.2, 0) is 13.1 Å². The number of halogens is 1. The Morgan fingerprint density at radius 2 is 2.25 bits per heavy atom. The quantitative estimate of drug-likeness (QED) is 0.753. The molecule has 0 radical (unpaired) electrons. The molecule has 0 aliphatic heterocycles. The van der Waals surface area contributed by atoms with Gasteiger partial charge in [0.25, 0.3) is 0 Å². The summed E-state index contributed by atoms with van der Waals surface area (Å²) in [5.41, 5.74) is 2.37. The Kier molecular flexibility index (Phi) is 4.19. The minimum Gasteiger partial charge on any atom is -0.327 e. The van der Waals surface area contributed by atoms with E-state index in [1.54, 1.807) is 11.3 Å². The molecule has 3 aromatic rings. The van der Waals surface area contributed by atoms with Gasteiger partial charge >= 0.3 is 0 Å². The third kappa shape index (κ3) is 2.80. The molecule has 0 aliphatic rings. The molecular weight excluding hydrogens is 334 g/mol. The zero-order valence-corrected chi connectivity index (χ0v) is 13.7. The second-order valence-corrected chi connectivity index (χ2v) is 7.19. The lowest BCUT2D eigenvalue weighted by Gasteiger charge is -2.01. The van der Waals surface area contributed by atoms with Crippen molar-refractivity contribution in [3.8, 4) is 0 Å². The zero-order chi connectivity index (χ0) is 13.9. The van der Waals surface area contributed by atoms with Gasteiger partial charge in [0.2, 0.25) is 0 Å². The molecule has 0 aliphatic carbocycles. The molecule has 3 nitrogen and oxygen atoms in total. The van der Waals surface area contributed by atoms with Crippen LogP contribution in [0.4, 0.5) is 0 Å². The molecule has 0 fully saturated rings. The normalized spacial score (nSPS) is 11.3. The largest absolute Gasteiger partial charge is 0.327 e. The molecule has 5 heteroatoms. The van der Waals surface area contributed by atoms with Crippen LogP contribution >= 0.6 is 27.3 Å². The smallest absolute Gasteiger partial charge is 0.140 e. The summed E-state index contributed by atoms with van der Waals surface area (Å²) in [7, 11) is 0. The maximum Gasteiger partial charge on any atom is 0.140 e. The van der Waals surface area contributed by atoms with Gasteiger partial charge in [0.15, 0.2) is 0 Å². The number of nitrogens with zero attached hydrogens (tertiary/aromatic N) is 2. The highest BCUT2D eigenvalue weighted by atomic mass is 79.9. The number of aromatic nitrogens is 2. The average molecular weight is 350 g/mol. The molecular formula is C15H16BrN3S. The molecule has 3 rings (SSSR count). The first-order chi connectivity index (χ1) is 9.78. The van der Waals surface area contributed by atoms with Gasteiger partial charge in [-0.3, -0.25) is 0 Å². The summed E-state index contributed by atoms with van der Waals surface area (Å²) >= 11 is 5.29. The molecule has 0 aromatic carbocycles. The fourth-order valence-electron chi connectivity index (χ4n) is 2.32. The van der Waals surface area contributed by atoms with Gasteiger partial charge < -0.3 is 9.88 Å². The molecule has 0 spiro atoms. The summed E-state index contributed by atoms with van der Waals surface area (Å²) in [4.78, 5) is 5.87. The first kappa shape index (κ1) is 13.8. The summed E-state index contributed by atoms with van der Waals surface area (Å²) in [5, 5.41) is 4.63. The number of hydrogen-bond acceptors (Lipinski definition) is 3. The number of rotatable bonds is 5. The maximum absolute atomic E-state index is 4.54. The Bertz CT molecular complexity index is 717. The van der Waals surface area contributed by atoms with Gasteiger partial charge in [-0.15, -0.1) is 11.3 Å². The zero-order valence-electron chi connectivity index (χ0n) is 11.3. The molecule has 0 amide bonds. The highest BCUT2D eigenvalue weighted by Gasteiger charge is 2.10. The molecule has 20 heavy (non-hydrogen) atoms. The van der Waals surface area contributed by atoms with Gasteiger partial charge in [-0.2, -0.15) is 0 Å². The van der Waals surface area contributed by atoms with Gasteiger partial charge in [-0.1, -0.05) is 6.92 Å². The number of nitrogens with one attached hydrogen (secondary N) is 1. The van der Waals surface area contributed by atoms with Crippen molar-refractivity contribution in [1.29, 1.82) is 0 Å². The molecule has 0 bridgehead atoms. The van der Waals surface area contributed by atoms with Crippen LogP contribution in [0.25, 0.3) is 11.0 Å². The summed E-state index contributed by atoms with van der Waals surface area (Å²) in [6.07, 6.45) is 4.08. The Balaban J connectivity index is 1.97. The fraction of sp³-hybridized carbons (Fsp3) is 0.267. The van der Waals surface area contributed by atoms with Crippen LogP contribution in [0.2, 0.25) is 0 Å². The monoisotopic (exact) mass is 349 g/mol. The predicted molar refractivity (Wildman–Crippen MR) is 88.2 cm³/mol. The average Bonchev–Trinajstić information content (AvgIpc) is 3.02. The first-order valence-electron chi connectivity index (χ1n) is 6.65. The summed E-state index contributed by atoms with van der Waals surface area (Å²) in [5.74, 6) is 0. The van der Waals surface area contributed by atoms with E-state index in [0.717, 1.165) is 25.3 Å². The summed E-state index contributed by atoms with van der Waals surface area (Å²) in [6, 6.07) is 8.41. The molecule has 0 atom stereocenters. The Morgan fingerprint density at radius 1 is 1.35 bits per heavy atom. The Morgan fingerprint density at radius 3 is 3.00 bits per heavy atom. The highest BCUT2D eigenvalue weighted by molar-refractivity contribution is 9.11. The van der Waals surface area contributed by atoms with E-state index in [1.807, 2.05) is 12.3 Å². The molecule has 0 unspecified atom stereocenters. The minimum atomic E-state index is 0.871. The van der Waals surface area contributed by atoms with Crippen molar-refractivity contribution in [2.75, 3.05) is 6.54 Å². The highest BCUT2D eigenvalue weighted by Crippen LogP contribution is 2.25. The Labute approximate surface area is 130 Å². The van der Waals surface area contributed by atoms with Crippen LogP contribution < -0.4 is 5.32 Å². The van der Waals surface area contributed by atoms with E-state index in [-0.39, 0.29) is 0 Å². The van der Waals surface area contributed by atoms with Crippen LogP contribution in [0.3, 0.4) is 0 Å². The second kappa shape index (κ2) is 6.08. The van der Waals surface area contributed by atoms with E-state index < -0.39 is 0 Å². The van der Waals surface area contributed by atoms with Crippen LogP contribution in [0.15, 0.2) is 40.4 Å². The topological polar surface area (TPSA) is 29.9 Å². The van der Waals surface area contributed by atoms with Crippen LogP contribution in [0.1, 0.15) is 17.4 Å². The number of fused-ring (bicyclic) bond motifs is 1. The third-order valence-electron chi connectivity index (χ3n) is 3.24. The van der Waals surface area contributed by atoms with E-state index in [1.165, 1.54) is 19.6 Å². The lowest BCUT2D eigenvalue weighted by atomic mass is 10.2. The van der Waals surface area contributed by atoms with Crippen molar-refractivity contribution < 1.29 is 0 Å². The number of hydrogen-bond donors (Lipinski definition) is 1. The molecule has 3 aromatic heterocycles. The lowest BCUT2D eigenvalue weighted by Crippen LogP contribution is -2.11. The maximum atomic E-state index is 4.54. The van der Waals surface area contributed by atoms with Gasteiger partial charge in [-0.05, 0) is 52.3 Å². The molecule has 1 N–H and O–H groups in total. The second-order valence-electron chi connectivity index (χ2n) is 4.64. The van der Waals surface area contributed by atoms with Crippen molar-refractivity contribution in [1.82, 2.24) is 14.9 Å². The lowest BCUT2D eigenvalue weighted by molar-refractivity contribution is 0.724. The predicted octanol–water partition coefficient (Wildman–Crippen LogP) is 4.02. The van der Waals surface area contributed by atoms with Crippen molar-refractivity contribution >= 4 is 38.3 Å². The van der Waals surface area contributed by atoms with E-state index in [4.69, 9.17) is 0 Å². The van der Waals surface area contributed by atoms with Gasteiger partial charge in [0.05, 0.1) is 10.3 Å². The SMILES string of the molecule is CCNCc1cn(Cc2ccc(Br)s2)c2ncccc12. The number of pyridine rings is 1. The third-order valence-corrected chi connectivity index (χ3v) is 4.85. The van der Waals surface area contributed by atoms with E-state index in [2.05, 4.69) is 62.1 Å². The van der Waals surface area contributed by atoms with Crippen molar-refractivity contribution in [3.63, 3.8) is 0 Å². The fourth-order valence-corrected chi connectivity index (χ4v) is 3.80. The van der Waals surface area contributed by atoms with Gasteiger partial charge in [0.1, 0.15) is 5.65 Å². The van der Waals surface area contributed by atoms with Crippen LogP contribution in [0, 0.1) is 0 Å². The molecule has 104 valence electrons. The van der Waals surface area contributed by atoms with Crippen LogP contribution in [-0.4, -0.2) is 16.1 Å². The van der Waals surface area contributed by atoms with Crippen LogP contribution in [0.5, 0.6) is 0 Å². The number of thiophene rings is 1. The van der Waals surface area contributed by atoms with Crippen molar-refractivity contribution in [2.24, 2.45) is 0 Å². The Hall–Kier alpha value is -1.17. The van der Waals surface area contributed by atoms with E-state index in [9.17, 15) is 0 Å². The summed E-state index contributed by atoms with van der Waals surface area (Å²) in [6.45, 7) is 4.86. The molecule has 0 saturated heterocycles. The summed E-state index contributed by atoms with van der Waals surface area (Å²) < 4.78 is 3.41. The van der Waals surface area contributed by atoms with Gasteiger partial charge in [0, 0.05) is 29.2 Å². The first-order valence-corrected chi connectivity index (χ1v) is 8.26. The van der Waals surface area contributed by atoms with Gasteiger partial charge in [-0.25, -0.2) is 4.98 Å². The molecule has 0 saturated carbocycles. The van der Waals surface area contributed by atoms with E-state index >= 15 is 0 Å². The van der Waals surface area contributed by atoms with Crippen molar-refractivity contribution in [3.05, 3.63) is 50.9 Å². The molecule has 3 heterocycles. The van der Waals surface area contributed by atoms with Crippen molar-refractivity contribution in [2.45, 2.75) is 20.0 Å². The standard InChI is InChI=1S/C15H16BrN3S/c1-2-17-8-11-9-19(10-12-5-6-14(16)20-12)15-13(11)4-3-7-18-15/h3-7,9,17H,2,8,10H2,1H3. The minimum absolute atomic E-state index is 0.871.